The molecule has 0 bridgehead atoms. The molecule has 2 heterocycles. The molecular weight excluding hydrogens is 250 g/mol. The van der Waals surface area contributed by atoms with E-state index in [9.17, 15) is 17.6 Å². The molecule has 3 nitrogen and oxygen atoms in total. The molecule has 0 radical (unpaired) electrons. The molecule has 0 unspecified atom stereocenters. The molecule has 1 N–H and O–H groups in total. The normalized spacial score (nSPS) is 11.8. The van der Waals surface area contributed by atoms with Crippen LogP contribution < -0.4 is 0 Å². The van der Waals surface area contributed by atoms with Crippen molar-refractivity contribution in [2.75, 3.05) is 0 Å². The Labute approximate surface area is 99.9 Å². The molecule has 0 aliphatic heterocycles. The van der Waals surface area contributed by atoms with E-state index in [-0.39, 0.29) is 12.2 Å². The lowest BCUT2D eigenvalue weighted by molar-refractivity contribution is -0.128. The lowest BCUT2D eigenvalue weighted by Gasteiger charge is -2.02. The number of nitrogens with one attached hydrogen (secondary N) is 1. The van der Waals surface area contributed by atoms with Crippen molar-refractivity contribution in [3.63, 3.8) is 0 Å². The fraction of sp³-hybridized carbons (Fsp3) is 0.273. The summed E-state index contributed by atoms with van der Waals surface area (Å²) in [4.78, 5) is 9.59. The van der Waals surface area contributed by atoms with Gasteiger partial charge in [0, 0.05) is 24.5 Å². The molecule has 0 saturated heterocycles. The van der Waals surface area contributed by atoms with Gasteiger partial charge in [0.05, 0.1) is 0 Å². The first kappa shape index (κ1) is 12.5. The summed E-state index contributed by atoms with van der Waals surface area (Å²) in [6, 6.07) is 2.82. The van der Waals surface area contributed by atoms with Gasteiger partial charge in [-0.25, -0.2) is 9.97 Å². The second-order valence-corrected chi connectivity index (χ2v) is 3.81. The first-order chi connectivity index (χ1) is 8.42. The van der Waals surface area contributed by atoms with Crippen molar-refractivity contribution in [1.29, 1.82) is 0 Å². The highest BCUT2D eigenvalue weighted by Gasteiger charge is 2.29. The molecule has 2 aromatic heterocycles. The highest BCUT2D eigenvalue weighted by Crippen LogP contribution is 2.19. The maximum absolute atomic E-state index is 12.8. The van der Waals surface area contributed by atoms with Gasteiger partial charge in [-0.15, -0.1) is 0 Å². The van der Waals surface area contributed by atoms with E-state index < -0.39 is 18.5 Å². The second kappa shape index (κ2) is 4.75. The summed E-state index contributed by atoms with van der Waals surface area (Å²) >= 11 is 0. The van der Waals surface area contributed by atoms with E-state index in [1.165, 1.54) is 18.5 Å². The predicted octanol–water partition coefficient (Wildman–Crippen LogP) is 2.64. The average molecular weight is 259 g/mol. The SMILES string of the molecule is Fc1cc(Cc2cnc(CC(F)(F)F)[nH]2)ccn1. The van der Waals surface area contributed by atoms with Gasteiger partial charge in [-0.3, -0.25) is 0 Å². The van der Waals surface area contributed by atoms with Crippen LogP contribution in [-0.2, 0) is 12.8 Å². The van der Waals surface area contributed by atoms with Crippen molar-refractivity contribution in [3.8, 4) is 0 Å². The zero-order valence-corrected chi connectivity index (χ0v) is 9.13. The molecule has 0 fully saturated rings. The van der Waals surface area contributed by atoms with Gasteiger partial charge in [0.2, 0.25) is 5.95 Å². The van der Waals surface area contributed by atoms with Crippen molar-refractivity contribution in [1.82, 2.24) is 15.0 Å². The molecule has 18 heavy (non-hydrogen) atoms. The summed E-state index contributed by atoms with van der Waals surface area (Å²) in [5.41, 5.74) is 1.12. The zero-order chi connectivity index (χ0) is 13.2. The Morgan fingerprint density at radius 1 is 1.22 bits per heavy atom. The topological polar surface area (TPSA) is 41.6 Å². The van der Waals surface area contributed by atoms with Crippen molar-refractivity contribution in [2.45, 2.75) is 19.0 Å². The standard InChI is InChI=1S/C11H9F4N3/c12-9-4-7(1-2-16-9)3-8-6-17-10(18-8)5-11(13,14)15/h1-2,4,6H,3,5H2,(H,17,18). The number of aromatic nitrogens is 3. The number of hydrogen-bond acceptors (Lipinski definition) is 2. The molecule has 2 rings (SSSR count). The van der Waals surface area contributed by atoms with Gasteiger partial charge in [-0.1, -0.05) is 0 Å². The summed E-state index contributed by atoms with van der Waals surface area (Å²) in [5, 5.41) is 0. The first-order valence-corrected chi connectivity index (χ1v) is 5.12. The number of pyridine rings is 1. The van der Waals surface area contributed by atoms with Crippen molar-refractivity contribution in [2.24, 2.45) is 0 Å². The van der Waals surface area contributed by atoms with Crippen LogP contribution in [0, 0.1) is 5.95 Å². The monoisotopic (exact) mass is 259 g/mol. The Balaban J connectivity index is 2.07. The lowest BCUT2D eigenvalue weighted by Crippen LogP contribution is -2.12. The minimum atomic E-state index is -4.29. The van der Waals surface area contributed by atoms with Crippen LogP contribution in [0.2, 0.25) is 0 Å². The third kappa shape index (κ3) is 3.54. The van der Waals surface area contributed by atoms with Crippen LogP contribution in [0.1, 0.15) is 17.1 Å². The van der Waals surface area contributed by atoms with E-state index in [2.05, 4.69) is 15.0 Å². The molecule has 2 aromatic rings. The van der Waals surface area contributed by atoms with Crippen LogP contribution in [-0.4, -0.2) is 21.1 Å². The summed E-state index contributed by atoms with van der Waals surface area (Å²) in [6.07, 6.45) is -2.49. The molecule has 0 aliphatic rings. The van der Waals surface area contributed by atoms with Gasteiger partial charge >= 0.3 is 6.18 Å². The largest absolute Gasteiger partial charge is 0.396 e. The summed E-state index contributed by atoms with van der Waals surface area (Å²) in [7, 11) is 0. The van der Waals surface area contributed by atoms with Crippen LogP contribution in [0.25, 0.3) is 0 Å². The number of aromatic amines is 1. The van der Waals surface area contributed by atoms with E-state index >= 15 is 0 Å². The molecular formula is C11H9F4N3. The van der Waals surface area contributed by atoms with Crippen molar-refractivity contribution in [3.05, 3.63) is 47.6 Å². The van der Waals surface area contributed by atoms with Gasteiger partial charge < -0.3 is 4.98 Å². The minimum Gasteiger partial charge on any atom is -0.345 e. The fourth-order valence-electron chi connectivity index (χ4n) is 1.55. The molecule has 0 saturated carbocycles. The van der Waals surface area contributed by atoms with E-state index in [0.29, 0.717) is 11.3 Å². The number of nitrogens with zero attached hydrogens (tertiary/aromatic N) is 2. The Morgan fingerprint density at radius 3 is 2.67 bits per heavy atom. The van der Waals surface area contributed by atoms with E-state index in [4.69, 9.17) is 0 Å². The third-order valence-electron chi connectivity index (χ3n) is 2.23. The minimum absolute atomic E-state index is 0.146. The van der Waals surface area contributed by atoms with Crippen LogP contribution in [0.15, 0.2) is 24.5 Å². The van der Waals surface area contributed by atoms with Gasteiger partial charge in [0.1, 0.15) is 12.2 Å². The van der Waals surface area contributed by atoms with E-state index in [1.54, 1.807) is 6.07 Å². The number of halogens is 4. The lowest BCUT2D eigenvalue weighted by atomic mass is 10.1. The van der Waals surface area contributed by atoms with Crippen LogP contribution in [0.3, 0.4) is 0 Å². The molecule has 96 valence electrons. The Morgan fingerprint density at radius 2 is 2.00 bits per heavy atom. The average Bonchev–Trinajstić information content (AvgIpc) is 2.62. The van der Waals surface area contributed by atoms with Gasteiger partial charge in [0.25, 0.3) is 0 Å². The second-order valence-electron chi connectivity index (χ2n) is 3.81. The van der Waals surface area contributed by atoms with E-state index in [1.807, 2.05) is 0 Å². The summed E-state index contributed by atoms with van der Waals surface area (Å²) in [6.45, 7) is 0. The van der Waals surface area contributed by atoms with Gasteiger partial charge in [-0.05, 0) is 17.7 Å². The maximum Gasteiger partial charge on any atom is 0.396 e. The molecule has 0 aliphatic carbocycles. The van der Waals surface area contributed by atoms with Crippen molar-refractivity contribution >= 4 is 0 Å². The van der Waals surface area contributed by atoms with Crippen LogP contribution >= 0.6 is 0 Å². The third-order valence-corrected chi connectivity index (χ3v) is 2.23. The fourth-order valence-corrected chi connectivity index (χ4v) is 1.55. The first-order valence-electron chi connectivity index (χ1n) is 5.12. The van der Waals surface area contributed by atoms with Crippen LogP contribution in [0.5, 0.6) is 0 Å². The van der Waals surface area contributed by atoms with Gasteiger partial charge in [0.15, 0.2) is 0 Å². The smallest absolute Gasteiger partial charge is 0.345 e. The molecule has 0 spiro atoms. The number of hydrogen-bond donors (Lipinski definition) is 1. The maximum atomic E-state index is 12.8. The number of imidazole rings is 1. The highest BCUT2D eigenvalue weighted by atomic mass is 19.4. The molecule has 0 aromatic carbocycles. The van der Waals surface area contributed by atoms with Crippen LogP contribution in [0.4, 0.5) is 17.6 Å². The predicted molar refractivity (Wildman–Crippen MR) is 55.3 cm³/mol. The summed E-state index contributed by atoms with van der Waals surface area (Å²) in [5.74, 6) is -0.769. The Bertz CT molecular complexity index is 533. The number of H-pyrrole nitrogens is 1. The Hall–Kier alpha value is -1.92. The molecule has 7 heteroatoms. The number of rotatable bonds is 3. The van der Waals surface area contributed by atoms with Crippen molar-refractivity contribution < 1.29 is 17.6 Å². The molecule has 0 atom stereocenters. The highest BCUT2D eigenvalue weighted by molar-refractivity contribution is 5.18. The zero-order valence-electron chi connectivity index (χ0n) is 9.13. The number of alkyl halides is 3. The Kier molecular flexibility index (Phi) is 3.31. The molecule has 0 amide bonds. The quantitative estimate of drug-likeness (QED) is 0.680. The summed E-state index contributed by atoms with van der Waals surface area (Å²) < 4.78 is 49.1. The van der Waals surface area contributed by atoms with Gasteiger partial charge in [-0.2, -0.15) is 17.6 Å². The van der Waals surface area contributed by atoms with E-state index in [0.717, 1.165) is 0 Å².